The Labute approximate surface area is 147 Å². The Morgan fingerprint density at radius 3 is 2.50 bits per heavy atom. The number of carbonyl (C=O) groups excluding carboxylic acids is 1. The van der Waals surface area contributed by atoms with Crippen molar-refractivity contribution in [2.45, 2.75) is 17.1 Å². The minimum absolute atomic E-state index is 0.145. The second-order valence-electron chi connectivity index (χ2n) is 4.50. The fourth-order valence-electron chi connectivity index (χ4n) is 1.58. The molecule has 0 saturated heterocycles. The van der Waals surface area contributed by atoms with E-state index in [1.165, 1.54) is 11.8 Å². The highest BCUT2D eigenvalue weighted by Crippen LogP contribution is 2.24. The number of thioether (sulfide) groups is 1. The number of nitrogens with zero attached hydrogens (tertiary/aromatic N) is 1. The van der Waals surface area contributed by atoms with Crippen LogP contribution in [0.4, 0.5) is 0 Å². The van der Waals surface area contributed by atoms with Gasteiger partial charge in [-0.25, -0.2) is 5.43 Å². The Bertz CT molecular complexity index is 659. The number of hydrogen-bond donors (Lipinski definition) is 1. The summed E-state index contributed by atoms with van der Waals surface area (Å²) < 4.78 is 1.00. The number of benzene rings is 2. The van der Waals surface area contributed by atoms with Gasteiger partial charge < -0.3 is 0 Å². The van der Waals surface area contributed by atoms with Crippen LogP contribution in [0.5, 0.6) is 0 Å². The van der Waals surface area contributed by atoms with Gasteiger partial charge in [0.1, 0.15) is 0 Å². The molecule has 22 heavy (non-hydrogen) atoms. The molecule has 0 radical (unpaired) electrons. The molecule has 1 N–H and O–H groups in total. The number of amides is 1. The molecule has 2 rings (SSSR count). The van der Waals surface area contributed by atoms with Gasteiger partial charge in [-0.3, -0.25) is 4.79 Å². The zero-order valence-corrected chi connectivity index (χ0v) is 15.0. The summed E-state index contributed by atoms with van der Waals surface area (Å²) in [5.41, 5.74) is 3.47. The fourth-order valence-corrected chi connectivity index (χ4v) is 2.83. The maximum absolute atomic E-state index is 12.0. The van der Waals surface area contributed by atoms with Gasteiger partial charge in [-0.2, -0.15) is 5.10 Å². The number of hydrogen-bond acceptors (Lipinski definition) is 3. The third-order valence-corrected chi connectivity index (χ3v) is 4.65. The summed E-state index contributed by atoms with van der Waals surface area (Å²) in [4.78, 5) is 13.0. The van der Waals surface area contributed by atoms with Crippen molar-refractivity contribution in [3.63, 3.8) is 0 Å². The van der Waals surface area contributed by atoms with Crippen LogP contribution in [0.3, 0.4) is 0 Å². The van der Waals surface area contributed by atoms with Crippen molar-refractivity contribution in [1.29, 1.82) is 0 Å². The molecule has 1 amide bonds. The minimum atomic E-state index is -0.247. The number of nitrogens with one attached hydrogen (secondary N) is 1. The summed E-state index contributed by atoms with van der Waals surface area (Å²) in [6.45, 7) is 1.84. The van der Waals surface area contributed by atoms with Crippen LogP contribution >= 0.6 is 39.3 Å². The van der Waals surface area contributed by atoms with Crippen LogP contribution in [-0.2, 0) is 4.79 Å². The van der Waals surface area contributed by atoms with Crippen LogP contribution in [0, 0.1) is 0 Å². The molecular weight excluding hydrogens is 384 g/mol. The normalized spacial score (nSPS) is 12.3. The van der Waals surface area contributed by atoms with Gasteiger partial charge in [-0.05, 0) is 48.9 Å². The van der Waals surface area contributed by atoms with E-state index in [1.54, 1.807) is 18.3 Å². The second-order valence-corrected chi connectivity index (χ2v) is 7.27. The van der Waals surface area contributed by atoms with Crippen LogP contribution in [-0.4, -0.2) is 17.4 Å². The van der Waals surface area contributed by atoms with Crippen molar-refractivity contribution in [3.05, 3.63) is 63.6 Å². The molecule has 0 heterocycles. The van der Waals surface area contributed by atoms with E-state index in [0.717, 1.165) is 14.9 Å². The largest absolute Gasteiger partial charge is 0.272 e. The lowest BCUT2D eigenvalue weighted by Gasteiger charge is -2.09. The molecule has 0 spiro atoms. The number of halogens is 2. The molecule has 2 aromatic carbocycles. The molecule has 0 aliphatic heterocycles. The van der Waals surface area contributed by atoms with E-state index >= 15 is 0 Å². The molecule has 0 aromatic heterocycles. The monoisotopic (exact) mass is 396 g/mol. The van der Waals surface area contributed by atoms with Crippen molar-refractivity contribution in [2.24, 2.45) is 5.10 Å². The van der Waals surface area contributed by atoms with Crippen LogP contribution in [0.1, 0.15) is 12.5 Å². The van der Waals surface area contributed by atoms with Crippen molar-refractivity contribution < 1.29 is 4.79 Å². The van der Waals surface area contributed by atoms with E-state index in [1.807, 2.05) is 43.3 Å². The summed E-state index contributed by atoms with van der Waals surface area (Å²) >= 11 is 10.7. The SMILES string of the molecule is C[C@H](Sc1ccc(Cl)cc1)C(=O)N/N=C\c1ccc(Br)cc1. The topological polar surface area (TPSA) is 41.5 Å². The first-order valence-corrected chi connectivity index (χ1v) is 8.60. The van der Waals surface area contributed by atoms with Crippen molar-refractivity contribution >= 4 is 51.4 Å². The van der Waals surface area contributed by atoms with E-state index in [2.05, 4.69) is 26.5 Å². The molecular formula is C16H14BrClN2OS. The van der Waals surface area contributed by atoms with Crippen LogP contribution in [0.2, 0.25) is 5.02 Å². The first-order valence-electron chi connectivity index (χ1n) is 6.55. The molecule has 0 bridgehead atoms. The van der Waals surface area contributed by atoms with Crippen molar-refractivity contribution in [3.8, 4) is 0 Å². The third-order valence-electron chi connectivity index (χ3n) is 2.75. The Balaban J connectivity index is 1.85. The first-order chi connectivity index (χ1) is 10.5. The summed E-state index contributed by atoms with van der Waals surface area (Å²) in [6.07, 6.45) is 1.62. The van der Waals surface area contributed by atoms with Crippen molar-refractivity contribution in [2.75, 3.05) is 0 Å². The van der Waals surface area contributed by atoms with E-state index in [0.29, 0.717) is 5.02 Å². The number of rotatable bonds is 5. The van der Waals surface area contributed by atoms with E-state index in [-0.39, 0.29) is 11.2 Å². The van der Waals surface area contributed by atoms with Crippen LogP contribution in [0.15, 0.2) is 63.0 Å². The number of hydrazone groups is 1. The van der Waals surface area contributed by atoms with Gasteiger partial charge in [0.15, 0.2) is 0 Å². The molecule has 0 aliphatic carbocycles. The van der Waals surface area contributed by atoms with Crippen LogP contribution < -0.4 is 5.43 Å². The molecule has 1 atom stereocenters. The maximum Gasteiger partial charge on any atom is 0.253 e. The second kappa shape index (κ2) is 8.36. The van der Waals surface area contributed by atoms with Crippen molar-refractivity contribution in [1.82, 2.24) is 5.43 Å². The average Bonchev–Trinajstić information content (AvgIpc) is 2.51. The molecule has 0 unspecified atom stereocenters. The third kappa shape index (κ3) is 5.48. The summed E-state index contributed by atoms with van der Waals surface area (Å²) in [7, 11) is 0. The van der Waals surface area contributed by atoms with Crippen LogP contribution in [0.25, 0.3) is 0 Å². The molecule has 0 saturated carbocycles. The highest BCUT2D eigenvalue weighted by atomic mass is 79.9. The van der Waals surface area contributed by atoms with Gasteiger partial charge in [0.05, 0.1) is 11.5 Å². The first kappa shape index (κ1) is 17.1. The highest BCUT2D eigenvalue weighted by Gasteiger charge is 2.13. The summed E-state index contributed by atoms with van der Waals surface area (Å²) in [6, 6.07) is 15.0. The zero-order valence-electron chi connectivity index (χ0n) is 11.8. The Morgan fingerprint density at radius 1 is 1.23 bits per heavy atom. The lowest BCUT2D eigenvalue weighted by Crippen LogP contribution is -2.26. The summed E-state index contributed by atoms with van der Waals surface area (Å²) in [5, 5.41) is 4.41. The molecule has 0 fully saturated rings. The lowest BCUT2D eigenvalue weighted by atomic mass is 10.2. The van der Waals surface area contributed by atoms with Gasteiger partial charge in [0.25, 0.3) is 5.91 Å². The zero-order chi connectivity index (χ0) is 15.9. The maximum atomic E-state index is 12.0. The lowest BCUT2D eigenvalue weighted by molar-refractivity contribution is -0.120. The van der Waals surface area contributed by atoms with E-state index < -0.39 is 0 Å². The smallest absolute Gasteiger partial charge is 0.253 e. The Morgan fingerprint density at radius 2 is 1.86 bits per heavy atom. The molecule has 0 aliphatic rings. The summed E-state index contributed by atoms with van der Waals surface area (Å²) in [5.74, 6) is -0.145. The van der Waals surface area contributed by atoms with Gasteiger partial charge >= 0.3 is 0 Å². The van der Waals surface area contributed by atoms with Gasteiger partial charge in [0.2, 0.25) is 0 Å². The molecule has 3 nitrogen and oxygen atoms in total. The Hall–Kier alpha value is -1.30. The van der Waals surface area contributed by atoms with Gasteiger partial charge in [-0.15, -0.1) is 11.8 Å². The Kier molecular flexibility index (Phi) is 6.49. The molecule has 114 valence electrons. The van der Waals surface area contributed by atoms with E-state index in [9.17, 15) is 4.79 Å². The van der Waals surface area contributed by atoms with Gasteiger partial charge in [-0.1, -0.05) is 39.7 Å². The average molecular weight is 398 g/mol. The fraction of sp³-hybridized carbons (Fsp3) is 0.125. The molecule has 2 aromatic rings. The van der Waals surface area contributed by atoms with Gasteiger partial charge in [0, 0.05) is 14.4 Å². The van der Waals surface area contributed by atoms with E-state index in [4.69, 9.17) is 11.6 Å². The predicted molar refractivity (Wildman–Crippen MR) is 96.6 cm³/mol. The minimum Gasteiger partial charge on any atom is -0.272 e. The highest BCUT2D eigenvalue weighted by molar-refractivity contribution is 9.10. The predicted octanol–water partition coefficient (Wildman–Crippen LogP) is 4.73. The number of carbonyl (C=O) groups is 1. The molecule has 6 heteroatoms. The standard InChI is InChI=1S/C16H14BrClN2OS/c1-11(22-15-8-6-14(18)7-9-15)16(21)20-19-10-12-2-4-13(17)5-3-12/h2-11H,1H3,(H,20,21)/b19-10-/t11-/m0/s1. The quantitative estimate of drug-likeness (QED) is 0.450.